The molecule has 2 unspecified atom stereocenters. The summed E-state index contributed by atoms with van der Waals surface area (Å²) >= 11 is 0. The molecule has 2 atom stereocenters. The maximum absolute atomic E-state index is 13.9. The summed E-state index contributed by atoms with van der Waals surface area (Å²) in [5.74, 6) is -0.349. The Bertz CT molecular complexity index is 413. The first-order chi connectivity index (χ1) is 9.07. The number of benzene rings is 1. The highest BCUT2D eigenvalue weighted by atomic mass is 19.1. The molecule has 1 aromatic carbocycles. The molecule has 0 spiro atoms. The van der Waals surface area contributed by atoms with Crippen molar-refractivity contribution in [2.24, 2.45) is 11.7 Å². The van der Waals surface area contributed by atoms with Gasteiger partial charge in [0.15, 0.2) is 0 Å². The van der Waals surface area contributed by atoms with Gasteiger partial charge in [0.2, 0.25) is 0 Å². The molecule has 3 heteroatoms. The van der Waals surface area contributed by atoms with E-state index in [9.17, 15) is 8.78 Å². The molecule has 0 aliphatic heterocycles. The van der Waals surface area contributed by atoms with Crippen LogP contribution in [0.2, 0.25) is 0 Å². The van der Waals surface area contributed by atoms with Crippen molar-refractivity contribution < 1.29 is 8.78 Å². The van der Waals surface area contributed by atoms with Crippen molar-refractivity contribution in [3.05, 3.63) is 35.4 Å². The fourth-order valence-electron chi connectivity index (χ4n) is 3.36. The Hall–Kier alpha value is -0.960. The Morgan fingerprint density at radius 3 is 2.53 bits per heavy atom. The summed E-state index contributed by atoms with van der Waals surface area (Å²) in [6.07, 6.45) is 6.75. The Kier molecular flexibility index (Phi) is 4.56. The van der Waals surface area contributed by atoms with Crippen LogP contribution in [0.4, 0.5) is 8.78 Å². The van der Waals surface area contributed by atoms with Crippen LogP contribution in [0.1, 0.15) is 57.4 Å². The highest BCUT2D eigenvalue weighted by Gasteiger charge is 2.35. The van der Waals surface area contributed by atoms with E-state index in [4.69, 9.17) is 5.73 Å². The second kappa shape index (κ2) is 6.00. The lowest BCUT2D eigenvalue weighted by atomic mass is 9.82. The molecule has 0 amide bonds. The summed E-state index contributed by atoms with van der Waals surface area (Å²) in [5, 5.41) is 0. The van der Waals surface area contributed by atoms with Crippen molar-refractivity contribution in [1.82, 2.24) is 0 Å². The molecule has 2 rings (SSSR count). The second-order valence-corrected chi connectivity index (χ2v) is 5.84. The van der Waals surface area contributed by atoms with E-state index in [0.29, 0.717) is 18.8 Å². The van der Waals surface area contributed by atoms with Crippen LogP contribution in [0.15, 0.2) is 18.2 Å². The Morgan fingerprint density at radius 2 is 1.89 bits per heavy atom. The molecular weight excluding hydrogens is 244 g/mol. The van der Waals surface area contributed by atoms with Crippen LogP contribution in [0.5, 0.6) is 0 Å². The van der Waals surface area contributed by atoms with Gasteiger partial charge < -0.3 is 5.73 Å². The predicted octanol–water partition coefficient (Wildman–Crippen LogP) is 4.50. The van der Waals surface area contributed by atoms with Crippen LogP contribution < -0.4 is 5.73 Å². The van der Waals surface area contributed by atoms with Crippen molar-refractivity contribution in [1.29, 1.82) is 0 Å². The Balaban J connectivity index is 2.23. The van der Waals surface area contributed by atoms with Gasteiger partial charge in [0.1, 0.15) is 11.6 Å². The van der Waals surface area contributed by atoms with Gasteiger partial charge in [-0.15, -0.1) is 0 Å². The lowest BCUT2D eigenvalue weighted by Gasteiger charge is -2.29. The zero-order valence-corrected chi connectivity index (χ0v) is 11.6. The molecule has 0 heterocycles. The number of hydrogen-bond acceptors (Lipinski definition) is 1. The number of rotatable bonds is 3. The van der Waals surface area contributed by atoms with E-state index >= 15 is 0 Å². The van der Waals surface area contributed by atoms with Crippen molar-refractivity contribution in [2.75, 3.05) is 0 Å². The number of halogens is 2. The molecule has 0 radical (unpaired) electrons. The lowest BCUT2D eigenvalue weighted by molar-refractivity contribution is 0.339. The summed E-state index contributed by atoms with van der Waals surface area (Å²) in [4.78, 5) is 0. The van der Waals surface area contributed by atoms with Crippen molar-refractivity contribution in [3.8, 4) is 0 Å². The van der Waals surface area contributed by atoms with Crippen LogP contribution in [0.3, 0.4) is 0 Å². The van der Waals surface area contributed by atoms with E-state index in [2.05, 4.69) is 6.92 Å². The van der Waals surface area contributed by atoms with Crippen LogP contribution in [0.25, 0.3) is 0 Å². The van der Waals surface area contributed by atoms with Gasteiger partial charge in [-0.2, -0.15) is 0 Å². The van der Waals surface area contributed by atoms with Crippen LogP contribution in [-0.4, -0.2) is 0 Å². The van der Waals surface area contributed by atoms with Crippen LogP contribution in [0, 0.1) is 17.6 Å². The van der Waals surface area contributed by atoms with Gasteiger partial charge in [-0.05, 0) is 37.3 Å². The molecule has 1 aliphatic rings. The van der Waals surface area contributed by atoms with E-state index in [-0.39, 0.29) is 5.56 Å². The second-order valence-electron chi connectivity index (χ2n) is 5.84. The molecule has 0 bridgehead atoms. The summed E-state index contributed by atoms with van der Waals surface area (Å²) in [6.45, 7) is 2.18. The summed E-state index contributed by atoms with van der Waals surface area (Å²) < 4.78 is 27.9. The first kappa shape index (κ1) is 14.4. The number of hydrogen-bond donors (Lipinski definition) is 1. The maximum atomic E-state index is 13.9. The SMILES string of the molecule is CCCC1CCCC(N)(c2c(F)cccc2F)CC1. The largest absolute Gasteiger partial charge is 0.321 e. The minimum Gasteiger partial charge on any atom is -0.321 e. The monoisotopic (exact) mass is 267 g/mol. The Labute approximate surface area is 114 Å². The molecule has 0 aromatic heterocycles. The third kappa shape index (κ3) is 3.14. The number of nitrogens with two attached hydrogens (primary N) is 1. The quantitative estimate of drug-likeness (QED) is 0.802. The van der Waals surface area contributed by atoms with Crippen LogP contribution >= 0.6 is 0 Å². The van der Waals surface area contributed by atoms with Crippen molar-refractivity contribution in [2.45, 2.75) is 57.4 Å². The molecule has 2 N–H and O–H groups in total. The molecule has 1 fully saturated rings. The molecule has 106 valence electrons. The van der Waals surface area contributed by atoms with Gasteiger partial charge in [0.25, 0.3) is 0 Å². The highest BCUT2D eigenvalue weighted by molar-refractivity contribution is 5.28. The first-order valence-corrected chi connectivity index (χ1v) is 7.30. The first-order valence-electron chi connectivity index (χ1n) is 7.30. The van der Waals surface area contributed by atoms with Gasteiger partial charge in [-0.3, -0.25) is 0 Å². The minimum absolute atomic E-state index is 0.0900. The fraction of sp³-hybridized carbons (Fsp3) is 0.625. The summed E-state index contributed by atoms with van der Waals surface area (Å²) in [7, 11) is 0. The fourth-order valence-corrected chi connectivity index (χ4v) is 3.36. The van der Waals surface area contributed by atoms with E-state index in [0.717, 1.165) is 25.7 Å². The average molecular weight is 267 g/mol. The molecule has 19 heavy (non-hydrogen) atoms. The van der Waals surface area contributed by atoms with E-state index in [1.807, 2.05) is 0 Å². The lowest BCUT2D eigenvalue weighted by Crippen LogP contribution is -2.38. The summed E-state index contributed by atoms with van der Waals surface area (Å²) in [6, 6.07) is 4.01. The van der Waals surface area contributed by atoms with E-state index in [1.165, 1.54) is 24.6 Å². The zero-order valence-electron chi connectivity index (χ0n) is 11.6. The van der Waals surface area contributed by atoms with Crippen molar-refractivity contribution >= 4 is 0 Å². The normalized spacial score (nSPS) is 28.1. The predicted molar refractivity (Wildman–Crippen MR) is 73.7 cm³/mol. The van der Waals surface area contributed by atoms with Crippen molar-refractivity contribution in [3.63, 3.8) is 0 Å². The average Bonchev–Trinajstić information content (AvgIpc) is 2.53. The van der Waals surface area contributed by atoms with Gasteiger partial charge >= 0.3 is 0 Å². The maximum Gasteiger partial charge on any atom is 0.131 e. The summed E-state index contributed by atoms with van der Waals surface area (Å²) in [5.41, 5.74) is 5.61. The third-order valence-corrected chi connectivity index (χ3v) is 4.39. The molecule has 1 aliphatic carbocycles. The van der Waals surface area contributed by atoms with Gasteiger partial charge in [-0.25, -0.2) is 8.78 Å². The zero-order chi connectivity index (χ0) is 13.9. The standard InChI is InChI=1S/C16H23F2N/c1-2-5-12-6-4-10-16(19,11-9-12)15-13(17)7-3-8-14(15)18/h3,7-8,12H,2,4-6,9-11,19H2,1H3. The molecular formula is C16H23F2N. The molecule has 1 nitrogen and oxygen atoms in total. The van der Waals surface area contributed by atoms with Crippen LogP contribution in [-0.2, 0) is 5.54 Å². The smallest absolute Gasteiger partial charge is 0.131 e. The minimum atomic E-state index is -0.835. The van der Waals surface area contributed by atoms with E-state index < -0.39 is 17.2 Å². The third-order valence-electron chi connectivity index (χ3n) is 4.39. The topological polar surface area (TPSA) is 26.0 Å². The van der Waals surface area contributed by atoms with Gasteiger partial charge in [0, 0.05) is 11.1 Å². The molecule has 1 aromatic rings. The molecule has 0 saturated heterocycles. The Morgan fingerprint density at radius 1 is 1.21 bits per heavy atom. The highest BCUT2D eigenvalue weighted by Crippen LogP contribution is 2.39. The van der Waals surface area contributed by atoms with E-state index in [1.54, 1.807) is 0 Å². The van der Waals surface area contributed by atoms with Gasteiger partial charge in [-0.1, -0.05) is 38.7 Å². The molecule has 1 saturated carbocycles. The van der Waals surface area contributed by atoms with Gasteiger partial charge in [0.05, 0.1) is 0 Å².